The summed E-state index contributed by atoms with van der Waals surface area (Å²) in [6.07, 6.45) is 1.28. The Morgan fingerprint density at radius 2 is 1.95 bits per heavy atom. The lowest BCUT2D eigenvalue weighted by Gasteiger charge is -2.12. The molecule has 0 atom stereocenters. The number of carbonyl (C=O) groups excluding carboxylic acids is 1. The molecule has 0 aliphatic heterocycles. The molecule has 0 aromatic heterocycles. The highest BCUT2D eigenvalue weighted by Crippen LogP contribution is 2.45. The molecule has 1 saturated carbocycles. The summed E-state index contributed by atoms with van der Waals surface area (Å²) in [4.78, 5) is 22.6. The van der Waals surface area contributed by atoms with Gasteiger partial charge in [-0.3, -0.25) is 4.79 Å². The molecule has 0 bridgehead atoms. The molecule has 102 valence electrons. The molecule has 1 aliphatic rings. The van der Waals surface area contributed by atoms with Crippen molar-refractivity contribution >= 4 is 12.0 Å². The van der Waals surface area contributed by atoms with Gasteiger partial charge in [0.1, 0.15) is 0 Å². The molecule has 0 spiro atoms. The first-order valence-corrected chi connectivity index (χ1v) is 6.33. The number of carboxylic acid groups (broad SMARTS) is 1. The highest BCUT2D eigenvalue weighted by molar-refractivity contribution is 5.80. The van der Waals surface area contributed by atoms with Crippen LogP contribution in [0.4, 0.5) is 4.79 Å². The van der Waals surface area contributed by atoms with E-state index < -0.39 is 11.4 Å². The van der Waals surface area contributed by atoms with Crippen LogP contribution in [0.2, 0.25) is 0 Å². The topological polar surface area (TPSA) is 78.4 Å². The van der Waals surface area contributed by atoms with Crippen molar-refractivity contribution in [1.82, 2.24) is 10.6 Å². The van der Waals surface area contributed by atoms with E-state index in [0.717, 1.165) is 11.1 Å². The van der Waals surface area contributed by atoms with Crippen LogP contribution in [0.3, 0.4) is 0 Å². The van der Waals surface area contributed by atoms with Crippen molar-refractivity contribution < 1.29 is 14.7 Å². The van der Waals surface area contributed by atoms with Crippen molar-refractivity contribution in [1.29, 1.82) is 0 Å². The van der Waals surface area contributed by atoms with Crippen LogP contribution in [0, 0.1) is 12.3 Å². The molecular formula is C14H18N2O3. The molecule has 0 saturated heterocycles. The normalized spacial score (nSPS) is 15.6. The summed E-state index contributed by atoms with van der Waals surface area (Å²) in [6.45, 7) is 2.62. The molecule has 5 nitrogen and oxygen atoms in total. The third kappa shape index (κ3) is 3.24. The number of urea groups is 1. The lowest BCUT2D eigenvalue weighted by molar-refractivity contribution is -0.143. The number of amides is 2. The standard InChI is InChI=1S/C14H18N2O3/c1-10-4-2-3-5-11(10)8-15-13(19)16-9-14(6-7-14)12(17)18/h2-5H,6-9H2,1H3,(H,17,18)(H2,15,16,19). The van der Waals surface area contributed by atoms with Crippen molar-refractivity contribution in [2.24, 2.45) is 5.41 Å². The zero-order chi connectivity index (χ0) is 13.9. The molecular weight excluding hydrogens is 244 g/mol. The summed E-state index contributed by atoms with van der Waals surface area (Å²) in [5.41, 5.74) is 1.45. The highest BCUT2D eigenvalue weighted by Gasteiger charge is 2.50. The zero-order valence-electron chi connectivity index (χ0n) is 10.9. The van der Waals surface area contributed by atoms with Gasteiger partial charge in [0.15, 0.2) is 0 Å². The van der Waals surface area contributed by atoms with Gasteiger partial charge in [0.2, 0.25) is 0 Å². The molecule has 5 heteroatoms. The second-order valence-corrected chi connectivity index (χ2v) is 5.05. The van der Waals surface area contributed by atoms with Crippen LogP contribution >= 0.6 is 0 Å². The number of nitrogens with one attached hydrogen (secondary N) is 2. The Balaban J connectivity index is 1.77. The molecule has 1 aromatic carbocycles. The quantitative estimate of drug-likeness (QED) is 0.755. The first kappa shape index (κ1) is 13.4. The monoisotopic (exact) mass is 262 g/mol. The predicted molar refractivity (Wildman–Crippen MR) is 70.7 cm³/mol. The van der Waals surface area contributed by atoms with E-state index in [0.29, 0.717) is 19.4 Å². The SMILES string of the molecule is Cc1ccccc1CNC(=O)NCC1(C(=O)O)CC1. The molecule has 0 heterocycles. The Labute approximate surface area is 112 Å². The first-order valence-electron chi connectivity index (χ1n) is 6.33. The zero-order valence-corrected chi connectivity index (χ0v) is 10.9. The number of benzene rings is 1. The van der Waals surface area contributed by atoms with Crippen molar-refractivity contribution in [2.45, 2.75) is 26.3 Å². The molecule has 2 rings (SSSR count). The first-order chi connectivity index (χ1) is 9.03. The van der Waals surface area contributed by atoms with Gasteiger partial charge in [-0.2, -0.15) is 0 Å². The summed E-state index contributed by atoms with van der Waals surface area (Å²) in [7, 11) is 0. The molecule has 0 unspecified atom stereocenters. The minimum absolute atomic E-state index is 0.196. The van der Waals surface area contributed by atoms with Gasteiger partial charge in [-0.05, 0) is 30.9 Å². The predicted octanol–water partition coefficient (Wildman–Crippen LogP) is 1.66. The largest absolute Gasteiger partial charge is 0.481 e. The van der Waals surface area contributed by atoms with E-state index in [-0.39, 0.29) is 12.6 Å². The Bertz CT molecular complexity index is 495. The van der Waals surface area contributed by atoms with E-state index in [1.165, 1.54) is 0 Å². The summed E-state index contributed by atoms with van der Waals surface area (Å²) in [6, 6.07) is 7.48. The van der Waals surface area contributed by atoms with Gasteiger partial charge < -0.3 is 15.7 Å². The van der Waals surface area contributed by atoms with Crippen LogP contribution < -0.4 is 10.6 Å². The summed E-state index contributed by atoms with van der Waals surface area (Å²) in [5, 5.41) is 14.4. The van der Waals surface area contributed by atoms with Crippen molar-refractivity contribution in [2.75, 3.05) is 6.54 Å². The second-order valence-electron chi connectivity index (χ2n) is 5.05. The maximum absolute atomic E-state index is 11.6. The second kappa shape index (κ2) is 5.30. The molecule has 19 heavy (non-hydrogen) atoms. The van der Waals surface area contributed by atoms with Crippen LogP contribution in [-0.4, -0.2) is 23.7 Å². The summed E-state index contributed by atoms with van der Waals surface area (Å²) >= 11 is 0. The smallest absolute Gasteiger partial charge is 0.315 e. The number of hydrogen-bond acceptors (Lipinski definition) is 2. The number of aliphatic carboxylic acids is 1. The lowest BCUT2D eigenvalue weighted by atomic mass is 10.1. The number of hydrogen-bond donors (Lipinski definition) is 3. The van der Waals surface area contributed by atoms with Crippen LogP contribution in [0.1, 0.15) is 24.0 Å². The van der Waals surface area contributed by atoms with Gasteiger partial charge in [-0.15, -0.1) is 0 Å². The summed E-state index contributed by atoms with van der Waals surface area (Å²) in [5.74, 6) is -0.827. The van der Waals surface area contributed by atoms with Crippen LogP contribution in [0.25, 0.3) is 0 Å². The number of rotatable bonds is 5. The van der Waals surface area contributed by atoms with Crippen molar-refractivity contribution in [3.05, 3.63) is 35.4 Å². The number of carbonyl (C=O) groups is 2. The highest BCUT2D eigenvalue weighted by atomic mass is 16.4. The van der Waals surface area contributed by atoms with E-state index >= 15 is 0 Å². The van der Waals surface area contributed by atoms with Gasteiger partial charge in [0, 0.05) is 13.1 Å². The minimum atomic E-state index is -0.827. The van der Waals surface area contributed by atoms with E-state index in [9.17, 15) is 9.59 Å². The van der Waals surface area contributed by atoms with E-state index in [2.05, 4.69) is 10.6 Å². The van der Waals surface area contributed by atoms with Gasteiger partial charge >= 0.3 is 12.0 Å². The Kier molecular flexibility index (Phi) is 3.74. The van der Waals surface area contributed by atoms with Crippen molar-refractivity contribution in [3.8, 4) is 0 Å². The van der Waals surface area contributed by atoms with Gasteiger partial charge in [0.05, 0.1) is 5.41 Å². The third-order valence-electron chi connectivity index (χ3n) is 3.60. The molecule has 0 radical (unpaired) electrons. The summed E-state index contributed by atoms with van der Waals surface area (Å²) < 4.78 is 0. The van der Waals surface area contributed by atoms with E-state index in [1.807, 2.05) is 31.2 Å². The van der Waals surface area contributed by atoms with Crippen LogP contribution in [0.15, 0.2) is 24.3 Å². The van der Waals surface area contributed by atoms with E-state index in [4.69, 9.17) is 5.11 Å². The molecule has 2 amide bonds. The Morgan fingerprint density at radius 1 is 1.26 bits per heavy atom. The minimum Gasteiger partial charge on any atom is -0.481 e. The van der Waals surface area contributed by atoms with E-state index in [1.54, 1.807) is 0 Å². The van der Waals surface area contributed by atoms with Crippen molar-refractivity contribution in [3.63, 3.8) is 0 Å². The lowest BCUT2D eigenvalue weighted by Crippen LogP contribution is -2.40. The fourth-order valence-electron chi connectivity index (χ4n) is 1.91. The van der Waals surface area contributed by atoms with Crippen LogP contribution in [-0.2, 0) is 11.3 Å². The molecule has 3 N–H and O–H groups in total. The van der Waals surface area contributed by atoms with Gasteiger partial charge in [0.25, 0.3) is 0 Å². The van der Waals surface area contributed by atoms with Gasteiger partial charge in [-0.1, -0.05) is 24.3 Å². The fourth-order valence-corrected chi connectivity index (χ4v) is 1.91. The molecule has 1 aromatic rings. The third-order valence-corrected chi connectivity index (χ3v) is 3.60. The number of carboxylic acids is 1. The Morgan fingerprint density at radius 3 is 2.53 bits per heavy atom. The average molecular weight is 262 g/mol. The number of aryl methyl sites for hydroxylation is 1. The van der Waals surface area contributed by atoms with Gasteiger partial charge in [-0.25, -0.2) is 4.79 Å². The average Bonchev–Trinajstić information content (AvgIpc) is 3.16. The van der Waals surface area contributed by atoms with Crippen LogP contribution in [0.5, 0.6) is 0 Å². The molecule has 1 aliphatic carbocycles. The fraction of sp³-hybridized carbons (Fsp3) is 0.429. The maximum Gasteiger partial charge on any atom is 0.315 e. The Hall–Kier alpha value is -2.04. The maximum atomic E-state index is 11.6. The molecule has 1 fully saturated rings.